The van der Waals surface area contributed by atoms with Crippen molar-refractivity contribution in [2.45, 2.75) is 51.4 Å². The molecule has 1 aromatic carbocycles. The maximum atomic E-state index is 11.5. The minimum Gasteiger partial charge on any atom is -0.481 e. The van der Waals surface area contributed by atoms with Crippen LogP contribution in [0.3, 0.4) is 0 Å². The monoisotopic (exact) mass is 373 g/mol. The first-order valence-electron chi connectivity index (χ1n) is 7.82. The second kappa shape index (κ2) is 9.03. The second-order valence-electron chi connectivity index (χ2n) is 6.65. The molecule has 4 N–H and O–H groups in total. The highest BCUT2D eigenvalue weighted by atomic mass is 35.5. The molecule has 0 radical (unpaired) electrons. The van der Waals surface area contributed by atoms with Gasteiger partial charge in [0.05, 0.1) is 12.5 Å². The predicted molar refractivity (Wildman–Crippen MR) is 92.6 cm³/mol. The number of rotatable bonds is 7. The molecule has 0 aliphatic heterocycles. The molecule has 0 aliphatic carbocycles. The van der Waals surface area contributed by atoms with Gasteiger partial charge in [-0.3, -0.25) is 4.79 Å². The molecule has 8 heteroatoms. The minimum atomic E-state index is -1.21. The molecule has 140 valence electrons. The van der Waals surface area contributed by atoms with Crippen LogP contribution in [-0.4, -0.2) is 45.6 Å². The zero-order valence-corrected chi connectivity index (χ0v) is 15.2. The Morgan fingerprint density at radius 1 is 1.28 bits per heavy atom. The number of carboxylic acid groups (broad SMARTS) is 1. The summed E-state index contributed by atoms with van der Waals surface area (Å²) in [5, 5.41) is 31.7. The van der Waals surface area contributed by atoms with Gasteiger partial charge in [0.2, 0.25) is 0 Å². The fourth-order valence-corrected chi connectivity index (χ4v) is 2.33. The Kier molecular flexibility index (Phi) is 7.66. The lowest BCUT2D eigenvalue weighted by Gasteiger charge is -2.21. The SMILES string of the molecule is CC(C)(C)OC(=O)NCCC(O)C(O)c1ccc(CC(=O)O)c(Cl)c1. The number of halogens is 1. The van der Waals surface area contributed by atoms with E-state index in [2.05, 4.69) is 5.32 Å². The fraction of sp³-hybridized carbons (Fsp3) is 0.529. The molecule has 0 heterocycles. The average Bonchev–Trinajstić information content (AvgIpc) is 2.46. The Morgan fingerprint density at radius 3 is 2.44 bits per heavy atom. The van der Waals surface area contributed by atoms with Crippen molar-refractivity contribution >= 4 is 23.7 Å². The highest BCUT2D eigenvalue weighted by Crippen LogP contribution is 2.25. The van der Waals surface area contributed by atoms with Gasteiger partial charge in [-0.1, -0.05) is 23.7 Å². The number of aliphatic hydroxyl groups excluding tert-OH is 2. The first-order valence-corrected chi connectivity index (χ1v) is 8.20. The summed E-state index contributed by atoms with van der Waals surface area (Å²) >= 11 is 6.00. The van der Waals surface area contributed by atoms with Gasteiger partial charge in [-0.15, -0.1) is 0 Å². The molecule has 2 unspecified atom stereocenters. The van der Waals surface area contributed by atoms with Crippen LogP contribution in [0.1, 0.15) is 44.4 Å². The van der Waals surface area contributed by atoms with E-state index in [9.17, 15) is 19.8 Å². The van der Waals surface area contributed by atoms with Crippen molar-refractivity contribution in [1.29, 1.82) is 0 Å². The van der Waals surface area contributed by atoms with Crippen molar-refractivity contribution in [3.63, 3.8) is 0 Å². The van der Waals surface area contributed by atoms with E-state index in [1.54, 1.807) is 20.8 Å². The van der Waals surface area contributed by atoms with Gasteiger partial charge in [-0.25, -0.2) is 4.79 Å². The van der Waals surface area contributed by atoms with Gasteiger partial charge in [0.15, 0.2) is 0 Å². The number of amides is 1. The first kappa shape index (κ1) is 21.2. The molecule has 0 fully saturated rings. The Bertz CT molecular complexity index is 614. The highest BCUT2D eigenvalue weighted by Gasteiger charge is 2.21. The Labute approximate surface area is 151 Å². The molecule has 1 amide bonds. The number of hydrogen-bond acceptors (Lipinski definition) is 5. The molecule has 0 saturated carbocycles. The number of aliphatic carboxylic acids is 1. The summed E-state index contributed by atoms with van der Waals surface area (Å²) in [4.78, 5) is 22.2. The quantitative estimate of drug-likeness (QED) is 0.582. The lowest BCUT2D eigenvalue weighted by atomic mass is 10.00. The number of nitrogens with one attached hydrogen (secondary N) is 1. The van der Waals surface area contributed by atoms with E-state index < -0.39 is 29.9 Å². The van der Waals surface area contributed by atoms with E-state index in [4.69, 9.17) is 21.4 Å². The Hall–Kier alpha value is -1.83. The summed E-state index contributed by atoms with van der Waals surface area (Å²) in [6, 6.07) is 4.44. The maximum absolute atomic E-state index is 11.5. The number of carboxylic acids is 1. The van der Waals surface area contributed by atoms with Crippen LogP contribution in [0, 0.1) is 0 Å². The smallest absolute Gasteiger partial charge is 0.407 e. The van der Waals surface area contributed by atoms with Crippen LogP contribution in [-0.2, 0) is 16.0 Å². The van der Waals surface area contributed by atoms with E-state index in [-0.39, 0.29) is 24.4 Å². The van der Waals surface area contributed by atoms with Crippen LogP contribution in [0.15, 0.2) is 18.2 Å². The van der Waals surface area contributed by atoms with E-state index in [1.165, 1.54) is 18.2 Å². The Balaban J connectivity index is 2.56. The topological polar surface area (TPSA) is 116 Å². The lowest BCUT2D eigenvalue weighted by Crippen LogP contribution is -2.34. The molecule has 25 heavy (non-hydrogen) atoms. The largest absolute Gasteiger partial charge is 0.481 e. The number of hydrogen-bond donors (Lipinski definition) is 4. The van der Waals surface area contributed by atoms with Crippen LogP contribution >= 0.6 is 11.6 Å². The normalized spacial score (nSPS) is 13.8. The van der Waals surface area contributed by atoms with Gasteiger partial charge in [0, 0.05) is 11.6 Å². The summed E-state index contributed by atoms with van der Waals surface area (Å²) in [7, 11) is 0. The average molecular weight is 374 g/mol. The molecular weight excluding hydrogens is 350 g/mol. The van der Waals surface area contributed by atoms with Crippen molar-refractivity contribution in [3.05, 3.63) is 34.3 Å². The molecule has 7 nitrogen and oxygen atoms in total. The molecule has 0 bridgehead atoms. The van der Waals surface area contributed by atoms with E-state index in [1.807, 2.05) is 0 Å². The van der Waals surface area contributed by atoms with Gasteiger partial charge in [0.1, 0.15) is 11.7 Å². The fourth-order valence-electron chi connectivity index (χ4n) is 2.07. The molecule has 0 saturated heterocycles. The van der Waals surface area contributed by atoms with Crippen molar-refractivity contribution in [3.8, 4) is 0 Å². The molecule has 0 aromatic heterocycles. The van der Waals surface area contributed by atoms with Crippen LogP contribution in [0.2, 0.25) is 5.02 Å². The van der Waals surface area contributed by atoms with Crippen molar-refractivity contribution < 1.29 is 29.6 Å². The van der Waals surface area contributed by atoms with Crippen molar-refractivity contribution in [2.75, 3.05) is 6.54 Å². The predicted octanol–water partition coefficient (Wildman–Crippen LogP) is 2.28. The van der Waals surface area contributed by atoms with Gasteiger partial charge in [-0.05, 0) is 44.4 Å². The summed E-state index contributed by atoms with van der Waals surface area (Å²) in [6.45, 7) is 5.34. The number of alkyl carbamates (subject to hydrolysis) is 1. The van der Waals surface area contributed by atoms with Crippen molar-refractivity contribution in [1.82, 2.24) is 5.32 Å². The number of ether oxygens (including phenoxy) is 1. The zero-order chi connectivity index (χ0) is 19.2. The van der Waals surface area contributed by atoms with Crippen molar-refractivity contribution in [2.24, 2.45) is 0 Å². The van der Waals surface area contributed by atoms with Crippen LogP contribution in [0.5, 0.6) is 0 Å². The van der Waals surface area contributed by atoms with Gasteiger partial charge in [0.25, 0.3) is 0 Å². The minimum absolute atomic E-state index is 0.106. The molecule has 0 spiro atoms. The van der Waals surface area contributed by atoms with Crippen LogP contribution in [0.4, 0.5) is 4.79 Å². The second-order valence-corrected chi connectivity index (χ2v) is 7.06. The van der Waals surface area contributed by atoms with Crippen LogP contribution < -0.4 is 5.32 Å². The number of benzene rings is 1. The Morgan fingerprint density at radius 2 is 1.92 bits per heavy atom. The molecular formula is C17H24ClNO6. The van der Waals surface area contributed by atoms with Crippen LogP contribution in [0.25, 0.3) is 0 Å². The molecule has 2 atom stereocenters. The van der Waals surface area contributed by atoms with Gasteiger partial charge >= 0.3 is 12.1 Å². The first-order chi connectivity index (χ1) is 11.5. The lowest BCUT2D eigenvalue weighted by molar-refractivity contribution is -0.136. The molecule has 1 aromatic rings. The summed E-state index contributed by atoms with van der Waals surface area (Å²) in [5.41, 5.74) is 0.173. The summed E-state index contributed by atoms with van der Waals surface area (Å²) in [6.07, 6.45) is -3.06. The number of carbonyl (C=O) groups excluding carboxylic acids is 1. The van der Waals surface area contributed by atoms with E-state index in [0.29, 0.717) is 11.1 Å². The zero-order valence-electron chi connectivity index (χ0n) is 14.5. The third-order valence-corrected chi connectivity index (χ3v) is 3.58. The third-order valence-electron chi connectivity index (χ3n) is 3.23. The number of aliphatic hydroxyl groups is 2. The molecule has 0 aliphatic rings. The number of carbonyl (C=O) groups is 2. The van der Waals surface area contributed by atoms with Gasteiger partial charge < -0.3 is 25.4 Å². The standard InChI is InChI=1S/C17H24ClNO6/c1-17(2,3)25-16(24)19-7-6-13(20)15(23)11-5-4-10(9-14(21)22)12(18)8-11/h4-5,8,13,15,20,23H,6-7,9H2,1-3H3,(H,19,24)(H,21,22). The van der Waals surface area contributed by atoms with E-state index >= 15 is 0 Å². The van der Waals surface area contributed by atoms with Gasteiger partial charge in [-0.2, -0.15) is 0 Å². The summed E-state index contributed by atoms with van der Waals surface area (Å²) < 4.78 is 5.07. The van der Waals surface area contributed by atoms with E-state index in [0.717, 1.165) is 0 Å². The maximum Gasteiger partial charge on any atom is 0.407 e. The third kappa shape index (κ3) is 7.72. The summed E-state index contributed by atoms with van der Waals surface area (Å²) in [5.74, 6) is -1.01. The highest BCUT2D eigenvalue weighted by molar-refractivity contribution is 6.31. The molecule has 1 rings (SSSR count).